The van der Waals surface area contributed by atoms with Crippen molar-refractivity contribution >= 4 is 5.96 Å². The first kappa shape index (κ1) is 18.4. The van der Waals surface area contributed by atoms with Gasteiger partial charge in [-0.3, -0.25) is 4.99 Å². The predicted molar refractivity (Wildman–Crippen MR) is 100 cm³/mol. The Hall–Kier alpha value is -2.41. The van der Waals surface area contributed by atoms with Crippen LogP contribution < -0.4 is 5.32 Å². The lowest BCUT2D eigenvalue weighted by Crippen LogP contribution is -2.48. The van der Waals surface area contributed by atoms with Gasteiger partial charge in [-0.2, -0.15) is 4.98 Å². The first-order valence-electron chi connectivity index (χ1n) is 9.17. The van der Waals surface area contributed by atoms with E-state index < -0.39 is 0 Å². The minimum atomic E-state index is 0.0624. The number of hydrogen-bond donors (Lipinski definition) is 1. The largest absolute Gasteiger partial charge is 0.370 e. The fourth-order valence-corrected chi connectivity index (χ4v) is 3.10. The highest BCUT2D eigenvalue weighted by Gasteiger charge is 2.25. The van der Waals surface area contributed by atoms with Gasteiger partial charge in [0, 0.05) is 19.5 Å². The quantitative estimate of drug-likeness (QED) is 0.653. The average Bonchev–Trinajstić information content (AvgIpc) is 3.07. The Labute approximate surface area is 154 Å². The highest BCUT2D eigenvalue weighted by atomic mass is 16.5. The smallest absolute Gasteiger partial charge is 0.228 e. The molecule has 3 rings (SSSR count). The second kappa shape index (κ2) is 8.80. The Kier molecular flexibility index (Phi) is 6.22. The second-order valence-electron chi connectivity index (χ2n) is 6.38. The standard InChI is InChI=1S/C19H27N5O2/c1-4-20-19(21-10-9-18-22-15(3)23-26-18)24-11-12-25-17(13-24)16-8-6-5-7-14(16)2/h5-8,17H,4,9-13H2,1-3H3,(H,20,21). The molecule has 7 nitrogen and oxygen atoms in total. The van der Waals surface area contributed by atoms with Crippen LogP contribution in [0.2, 0.25) is 0 Å². The molecule has 1 aromatic heterocycles. The van der Waals surface area contributed by atoms with Crippen molar-refractivity contribution in [1.82, 2.24) is 20.4 Å². The van der Waals surface area contributed by atoms with Crippen LogP contribution in [0.1, 0.15) is 35.9 Å². The first-order chi connectivity index (χ1) is 12.7. The Bertz CT molecular complexity index is 743. The average molecular weight is 357 g/mol. The summed E-state index contributed by atoms with van der Waals surface area (Å²) in [5.41, 5.74) is 2.50. The van der Waals surface area contributed by atoms with Crippen molar-refractivity contribution in [1.29, 1.82) is 0 Å². The molecule has 0 bridgehead atoms. The maximum atomic E-state index is 6.02. The van der Waals surface area contributed by atoms with E-state index in [1.807, 2.05) is 6.92 Å². The van der Waals surface area contributed by atoms with Crippen molar-refractivity contribution in [2.45, 2.75) is 33.3 Å². The Balaban J connectivity index is 1.66. The minimum Gasteiger partial charge on any atom is -0.370 e. The third-order valence-corrected chi connectivity index (χ3v) is 4.39. The molecule has 1 unspecified atom stereocenters. The van der Waals surface area contributed by atoms with E-state index in [2.05, 4.69) is 58.5 Å². The van der Waals surface area contributed by atoms with Crippen LogP contribution in [0.5, 0.6) is 0 Å². The highest BCUT2D eigenvalue weighted by Crippen LogP contribution is 2.24. The van der Waals surface area contributed by atoms with E-state index in [1.54, 1.807) is 0 Å². The molecule has 0 amide bonds. The summed E-state index contributed by atoms with van der Waals surface area (Å²) in [6.07, 6.45) is 0.703. The van der Waals surface area contributed by atoms with Crippen LogP contribution in [0.15, 0.2) is 33.8 Å². The van der Waals surface area contributed by atoms with Gasteiger partial charge in [0.1, 0.15) is 6.10 Å². The number of morpholine rings is 1. The molecule has 2 aromatic rings. The maximum Gasteiger partial charge on any atom is 0.228 e. The molecule has 0 radical (unpaired) electrons. The van der Waals surface area contributed by atoms with Crippen molar-refractivity contribution in [3.63, 3.8) is 0 Å². The topological polar surface area (TPSA) is 75.8 Å². The molecule has 0 spiro atoms. The number of aryl methyl sites for hydroxylation is 2. The number of hydrogen-bond acceptors (Lipinski definition) is 5. The van der Waals surface area contributed by atoms with Crippen molar-refractivity contribution in [3.05, 3.63) is 47.1 Å². The van der Waals surface area contributed by atoms with Gasteiger partial charge in [-0.25, -0.2) is 0 Å². The van der Waals surface area contributed by atoms with Crippen molar-refractivity contribution < 1.29 is 9.26 Å². The van der Waals surface area contributed by atoms with Crippen molar-refractivity contribution in [2.24, 2.45) is 4.99 Å². The molecule has 1 fully saturated rings. The van der Waals surface area contributed by atoms with Gasteiger partial charge in [0.25, 0.3) is 0 Å². The molecule has 0 aliphatic carbocycles. The van der Waals surface area contributed by atoms with E-state index in [1.165, 1.54) is 11.1 Å². The summed E-state index contributed by atoms with van der Waals surface area (Å²) in [6, 6.07) is 8.40. The third-order valence-electron chi connectivity index (χ3n) is 4.39. The SMILES string of the molecule is CCNC(=NCCc1nc(C)no1)N1CCOC(c2ccccc2C)C1. The van der Waals surface area contributed by atoms with Crippen LogP contribution in [0.3, 0.4) is 0 Å². The van der Waals surface area contributed by atoms with Crippen LogP contribution in [-0.4, -0.2) is 53.8 Å². The van der Waals surface area contributed by atoms with Gasteiger partial charge < -0.3 is 19.5 Å². The number of nitrogens with one attached hydrogen (secondary N) is 1. The zero-order valence-electron chi connectivity index (χ0n) is 15.7. The van der Waals surface area contributed by atoms with E-state index in [0.717, 1.165) is 25.6 Å². The van der Waals surface area contributed by atoms with Crippen LogP contribution in [-0.2, 0) is 11.2 Å². The number of guanidine groups is 1. The summed E-state index contributed by atoms with van der Waals surface area (Å²) in [6.45, 7) is 9.76. The number of rotatable bonds is 5. The van der Waals surface area contributed by atoms with E-state index in [0.29, 0.717) is 31.3 Å². The summed E-state index contributed by atoms with van der Waals surface area (Å²) in [4.78, 5) is 11.2. The highest BCUT2D eigenvalue weighted by molar-refractivity contribution is 5.80. The number of nitrogens with zero attached hydrogens (tertiary/aromatic N) is 4. The molecule has 1 atom stereocenters. The van der Waals surface area contributed by atoms with Gasteiger partial charge in [-0.1, -0.05) is 29.4 Å². The lowest BCUT2D eigenvalue weighted by Gasteiger charge is -2.35. The molecule has 140 valence electrons. The fraction of sp³-hybridized carbons (Fsp3) is 0.526. The van der Waals surface area contributed by atoms with Gasteiger partial charge in [-0.15, -0.1) is 0 Å². The zero-order chi connectivity index (χ0) is 18.4. The molecule has 7 heteroatoms. The van der Waals surface area contributed by atoms with Crippen molar-refractivity contribution in [3.8, 4) is 0 Å². The molecule has 26 heavy (non-hydrogen) atoms. The normalized spacial score (nSPS) is 18.2. The monoisotopic (exact) mass is 357 g/mol. The predicted octanol–water partition coefficient (Wildman–Crippen LogP) is 2.27. The molecule has 1 saturated heterocycles. The molecule has 1 N–H and O–H groups in total. The molecule has 1 aromatic carbocycles. The van der Waals surface area contributed by atoms with Crippen LogP contribution in [0.25, 0.3) is 0 Å². The van der Waals surface area contributed by atoms with Crippen LogP contribution >= 0.6 is 0 Å². The fourth-order valence-electron chi connectivity index (χ4n) is 3.10. The van der Waals surface area contributed by atoms with E-state index in [4.69, 9.17) is 14.3 Å². The molecule has 1 aliphatic rings. The lowest BCUT2D eigenvalue weighted by atomic mass is 10.0. The van der Waals surface area contributed by atoms with Crippen molar-refractivity contribution in [2.75, 3.05) is 32.8 Å². The molecule has 2 heterocycles. The van der Waals surface area contributed by atoms with Gasteiger partial charge in [-0.05, 0) is 31.9 Å². The molecular formula is C19H27N5O2. The van der Waals surface area contributed by atoms with E-state index >= 15 is 0 Å². The van der Waals surface area contributed by atoms with Gasteiger partial charge >= 0.3 is 0 Å². The zero-order valence-corrected chi connectivity index (χ0v) is 15.7. The minimum absolute atomic E-state index is 0.0624. The van der Waals surface area contributed by atoms with Gasteiger partial charge in [0.15, 0.2) is 11.8 Å². The van der Waals surface area contributed by atoms with Crippen LogP contribution in [0.4, 0.5) is 0 Å². The Morgan fingerprint density at radius 3 is 2.92 bits per heavy atom. The Morgan fingerprint density at radius 1 is 1.35 bits per heavy atom. The number of benzene rings is 1. The lowest BCUT2D eigenvalue weighted by molar-refractivity contribution is -0.00832. The molecule has 1 aliphatic heterocycles. The maximum absolute atomic E-state index is 6.02. The summed E-state index contributed by atoms with van der Waals surface area (Å²) in [7, 11) is 0. The van der Waals surface area contributed by atoms with Crippen LogP contribution in [0, 0.1) is 13.8 Å². The number of aliphatic imine (C=N–C) groups is 1. The molecule has 0 saturated carbocycles. The van der Waals surface area contributed by atoms with Gasteiger partial charge in [0.2, 0.25) is 5.89 Å². The molecular weight excluding hydrogens is 330 g/mol. The van der Waals surface area contributed by atoms with E-state index in [9.17, 15) is 0 Å². The summed E-state index contributed by atoms with van der Waals surface area (Å²) in [5.74, 6) is 2.19. The summed E-state index contributed by atoms with van der Waals surface area (Å²) < 4.78 is 11.2. The number of ether oxygens (including phenoxy) is 1. The second-order valence-corrected chi connectivity index (χ2v) is 6.38. The number of aromatic nitrogens is 2. The third kappa shape index (κ3) is 4.60. The summed E-state index contributed by atoms with van der Waals surface area (Å²) >= 11 is 0. The Morgan fingerprint density at radius 2 is 2.19 bits per heavy atom. The summed E-state index contributed by atoms with van der Waals surface area (Å²) in [5, 5.41) is 7.20. The van der Waals surface area contributed by atoms with E-state index in [-0.39, 0.29) is 6.10 Å². The first-order valence-corrected chi connectivity index (χ1v) is 9.17. The van der Waals surface area contributed by atoms with Gasteiger partial charge in [0.05, 0.1) is 19.7 Å².